The Morgan fingerprint density at radius 3 is 2.68 bits per heavy atom. The molecule has 22 heavy (non-hydrogen) atoms. The van der Waals surface area contributed by atoms with Crippen molar-refractivity contribution < 1.29 is 9.53 Å². The number of hydrogen-bond acceptors (Lipinski definition) is 3. The lowest BCUT2D eigenvalue weighted by molar-refractivity contribution is 0.132. The Labute approximate surface area is 146 Å². The zero-order valence-electron chi connectivity index (χ0n) is 12.7. The van der Waals surface area contributed by atoms with Crippen LogP contribution in [-0.2, 0) is 11.3 Å². The number of ether oxygens (including phenoxy) is 1. The van der Waals surface area contributed by atoms with Crippen LogP contribution in [-0.4, -0.2) is 18.3 Å². The van der Waals surface area contributed by atoms with E-state index >= 15 is 0 Å². The van der Waals surface area contributed by atoms with Gasteiger partial charge >= 0.3 is 6.09 Å². The van der Waals surface area contributed by atoms with Crippen LogP contribution in [0.3, 0.4) is 0 Å². The summed E-state index contributed by atoms with van der Waals surface area (Å²) < 4.78 is 9.47. The predicted octanol–water partition coefficient (Wildman–Crippen LogP) is 4.67. The van der Waals surface area contributed by atoms with Gasteiger partial charge in [0.05, 0.1) is 22.9 Å². The quantitative estimate of drug-likeness (QED) is 0.575. The molecule has 1 aromatic carbocycles. The third-order valence-electron chi connectivity index (χ3n) is 4.08. The van der Waals surface area contributed by atoms with Gasteiger partial charge in [-0.05, 0) is 18.4 Å². The van der Waals surface area contributed by atoms with E-state index < -0.39 is 0 Å². The molecule has 0 spiro atoms. The van der Waals surface area contributed by atoms with E-state index in [1.807, 2.05) is 59.4 Å². The van der Waals surface area contributed by atoms with Crippen molar-refractivity contribution in [1.29, 1.82) is 0 Å². The number of hydrogen-bond donors (Lipinski definition) is 1. The number of benzene rings is 1. The smallest absolute Gasteiger partial charge is 0.407 e. The molecule has 1 aliphatic rings. The van der Waals surface area contributed by atoms with E-state index in [1.54, 1.807) is 0 Å². The van der Waals surface area contributed by atoms with Crippen molar-refractivity contribution in [3.8, 4) is 0 Å². The van der Waals surface area contributed by atoms with Crippen LogP contribution >= 0.6 is 22.9 Å². The van der Waals surface area contributed by atoms with Gasteiger partial charge in [-0.3, -0.25) is 0 Å². The lowest BCUT2D eigenvalue weighted by atomic mass is 9.87. The van der Waals surface area contributed by atoms with Gasteiger partial charge in [0.25, 0.3) is 0 Å². The average molecular weight is 414 g/mol. The molecule has 1 aliphatic carbocycles. The summed E-state index contributed by atoms with van der Waals surface area (Å²) in [6.07, 6.45) is 8.57. The normalized spacial score (nSPS) is 22.8. The van der Waals surface area contributed by atoms with E-state index in [2.05, 4.69) is 8.52 Å². The number of amides is 1. The first-order chi connectivity index (χ1) is 10.8. The number of alkyl carbamates (subject to hydrolysis) is 1. The predicted molar refractivity (Wildman–Crippen MR) is 97.3 cm³/mol. The molecule has 1 saturated carbocycles. The Morgan fingerprint density at radius 1 is 1.23 bits per heavy atom. The van der Waals surface area contributed by atoms with Gasteiger partial charge in [-0.25, -0.2) is 8.00 Å². The first-order valence-electron chi connectivity index (χ1n) is 7.91. The van der Waals surface area contributed by atoms with Crippen LogP contribution in [0.25, 0.3) is 0 Å². The number of carbonyl (C=O) groups is 1. The van der Waals surface area contributed by atoms with Crippen molar-refractivity contribution >= 4 is 35.2 Å². The first kappa shape index (κ1) is 17.2. The highest BCUT2D eigenvalue weighted by Crippen LogP contribution is 2.22. The summed E-state index contributed by atoms with van der Waals surface area (Å²) in [5.74, 6) is 0.307. The molecule has 0 aliphatic heterocycles. The van der Waals surface area contributed by atoms with Crippen LogP contribution in [0.5, 0.6) is 0 Å². The molecule has 1 N–H and O–H groups in total. The van der Waals surface area contributed by atoms with Crippen molar-refractivity contribution in [3.05, 3.63) is 35.9 Å². The van der Waals surface area contributed by atoms with E-state index in [0.29, 0.717) is 12.5 Å². The van der Waals surface area contributed by atoms with Crippen molar-refractivity contribution in [2.75, 3.05) is 0 Å². The zero-order valence-corrected chi connectivity index (χ0v) is 14.9. The molecule has 1 aromatic rings. The van der Waals surface area contributed by atoms with Crippen LogP contribution in [0, 0.1) is 5.92 Å². The number of carbonyl (C=O) groups excluding carboxylic acids is 1. The summed E-state index contributed by atoms with van der Waals surface area (Å²) in [4.78, 5) is 12.1. The van der Waals surface area contributed by atoms with E-state index in [9.17, 15) is 4.79 Å². The molecular weight excluding hydrogens is 391 g/mol. The van der Waals surface area contributed by atoms with Crippen molar-refractivity contribution in [2.45, 2.75) is 51.2 Å². The van der Waals surface area contributed by atoms with E-state index in [1.165, 1.54) is 19.3 Å². The summed E-state index contributed by atoms with van der Waals surface area (Å²) in [5, 5.41) is 3.04. The minimum Gasteiger partial charge on any atom is -0.445 e. The second-order valence-electron chi connectivity index (χ2n) is 5.71. The highest BCUT2D eigenvalue weighted by molar-refractivity contribution is 14.1. The molecule has 0 aromatic heterocycles. The van der Waals surface area contributed by atoms with Crippen LogP contribution in [0.4, 0.5) is 4.79 Å². The monoisotopic (exact) mass is 414 g/mol. The molecule has 2 unspecified atom stereocenters. The number of nitrogens with zero attached hydrogens (tertiary/aromatic N) is 1. The maximum absolute atomic E-state index is 12.1. The van der Waals surface area contributed by atoms with Gasteiger partial charge in [-0.1, -0.05) is 56.0 Å². The van der Waals surface area contributed by atoms with E-state index in [4.69, 9.17) is 4.74 Å². The van der Waals surface area contributed by atoms with Gasteiger partial charge in [0.2, 0.25) is 0 Å². The molecule has 5 heteroatoms. The third-order valence-corrected chi connectivity index (χ3v) is 4.40. The van der Waals surface area contributed by atoms with E-state index in [0.717, 1.165) is 24.8 Å². The molecule has 0 heterocycles. The lowest BCUT2D eigenvalue weighted by Crippen LogP contribution is -2.41. The molecule has 0 saturated heterocycles. The maximum atomic E-state index is 12.1. The molecule has 2 rings (SSSR count). The van der Waals surface area contributed by atoms with Crippen LogP contribution in [0.1, 0.15) is 44.1 Å². The summed E-state index contributed by atoms with van der Waals surface area (Å²) in [6, 6.07) is 9.87. The topological polar surface area (TPSA) is 50.7 Å². The van der Waals surface area contributed by atoms with Crippen molar-refractivity contribution in [1.82, 2.24) is 5.32 Å². The zero-order chi connectivity index (χ0) is 15.6. The fourth-order valence-corrected chi connectivity index (χ4v) is 3.27. The summed E-state index contributed by atoms with van der Waals surface area (Å²) in [5.41, 5.74) is 1.00. The number of nitrogens with one attached hydrogen (secondary N) is 1. The van der Waals surface area contributed by atoms with Crippen LogP contribution in [0.15, 0.2) is 33.5 Å². The standard InChI is InChI=1S/C17H23IN2O2/c18-19-12-15-10-6-1-2-7-11-16(15)20-17(21)22-13-14-8-4-3-5-9-14/h3-5,8-9,12,15-16H,1-2,6-7,10-11,13H2,(H,20,21)/b19-12-. The minimum atomic E-state index is -0.332. The van der Waals surface area contributed by atoms with Gasteiger partial charge in [0, 0.05) is 18.2 Å². The Morgan fingerprint density at radius 2 is 1.95 bits per heavy atom. The van der Waals surface area contributed by atoms with Crippen LogP contribution in [0.2, 0.25) is 0 Å². The summed E-state index contributed by atoms with van der Waals surface area (Å²) >= 11 is 2.01. The summed E-state index contributed by atoms with van der Waals surface area (Å²) in [6.45, 7) is 0.310. The van der Waals surface area contributed by atoms with E-state index in [-0.39, 0.29) is 12.1 Å². The third kappa shape index (κ3) is 5.94. The van der Waals surface area contributed by atoms with Crippen molar-refractivity contribution in [3.63, 3.8) is 0 Å². The van der Waals surface area contributed by atoms with Gasteiger partial charge in [-0.15, -0.1) is 0 Å². The minimum absolute atomic E-state index is 0.127. The highest BCUT2D eigenvalue weighted by Gasteiger charge is 2.23. The second kappa shape index (κ2) is 9.82. The van der Waals surface area contributed by atoms with Gasteiger partial charge in [-0.2, -0.15) is 0 Å². The average Bonchev–Trinajstić information content (AvgIpc) is 2.52. The molecule has 1 amide bonds. The molecule has 0 radical (unpaired) electrons. The Bertz CT molecular complexity index is 479. The Balaban J connectivity index is 1.86. The molecule has 4 nitrogen and oxygen atoms in total. The SMILES string of the molecule is O=C(NC1CCCCCCC1/C=N\I)OCc1ccccc1. The van der Waals surface area contributed by atoms with Crippen LogP contribution < -0.4 is 5.32 Å². The van der Waals surface area contributed by atoms with Crippen molar-refractivity contribution in [2.24, 2.45) is 9.12 Å². The molecular formula is C17H23IN2O2. The first-order valence-corrected chi connectivity index (χ1v) is 8.88. The maximum Gasteiger partial charge on any atom is 0.407 e. The lowest BCUT2D eigenvalue weighted by Gasteiger charge is -2.27. The van der Waals surface area contributed by atoms with Gasteiger partial charge < -0.3 is 10.1 Å². The molecule has 0 bridgehead atoms. The molecule has 2 atom stereocenters. The Hall–Kier alpha value is -1.11. The van der Waals surface area contributed by atoms with Gasteiger partial charge in [0.1, 0.15) is 6.61 Å². The largest absolute Gasteiger partial charge is 0.445 e. The fraction of sp³-hybridized carbons (Fsp3) is 0.529. The number of rotatable bonds is 4. The molecule has 1 fully saturated rings. The number of halogens is 1. The van der Waals surface area contributed by atoms with Gasteiger partial charge in [0.15, 0.2) is 0 Å². The second-order valence-corrected chi connectivity index (χ2v) is 6.27. The Kier molecular flexibility index (Phi) is 7.70. The molecule has 120 valence electrons. The fourth-order valence-electron chi connectivity index (χ4n) is 2.86. The summed E-state index contributed by atoms with van der Waals surface area (Å²) in [7, 11) is 0. The highest BCUT2D eigenvalue weighted by atomic mass is 127.